The number of rotatable bonds is 8. The highest BCUT2D eigenvalue weighted by molar-refractivity contribution is 7.89. The fraction of sp³-hybridized carbons (Fsp3) is 0.200. The Morgan fingerprint density at radius 3 is 2.55 bits per heavy atom. The molecule has 0 saturated heterocycles. The molecule has 8 nitrogen and oxygen atoms in total. The first-order chi connectivity index (χ1) is 14.7. The summed E-state index contributed by atoms with van der Waals surface area (Å²) in [5.41, 5.74) is 0.346. The molecular formula is C20H20FN3O5S2. The number of hydrogen-bond acceptors (Lipinski definition) is 7. The number of sulfonamides is 1. The van der Waals surface area contributed by atoms with Gasteiger partial charge < -0.3 is 14.8 Å². The Kier molecular flexibility index (Phi) is 6.88. The molecule has 0 aliphatic heterocycles. The van der Waals surface area contributed by atoms with E-state index >= 15 is 0 Å². The van der Waals surface area contributed by atoms with Crippen molar-refractivity contribution >= 4 is 33.0 Å². The van der Waals surface area contributed by atoms with E-state index in [9.17, 15) is 17.6 Å². The zero-order valence-corrected chi connectivity index (χ0v) is 18.6. The van der Waals surface area contributed by atoms with E-state index < -0.39 is 15.9 Å². The summed E-state index contributed by atoms with van der Waals surface area (Å²) in [5, 5.41) is 4.75. The van der Waals surface area contributed by atoms with E-state index in [1.54, 1.807) is 5.38 Å². The van der Waals surface area contributed by atoms with Crippen LogP contribution in [0.15, 0.2) is 52.7 Å². The van der Waals surface area contributed by atoms with Crippen LogP contribution in [0, 0.1) is 5.82 Å². The third kappa shape index (κ3) is 5.37. The van der Waals surface area contributed by atoms with Crippen LogP contribution >= 0.6 is 11.3 Å². The number of carbonyl (C=O) groups excluding carboxylic acids is 1. The fourth-order valence-electron chi connectivity index (χ4n) is 2.50. The maximum absolute atomic E-state index is 12.9. The van der Waals surface area contributed by atoms with E-state index in [1.807, 2.05) is 0 Å². The van der Waals surface area contributed by atoms with Gasteiger partial charge >= 0.3 is 0 Å². The van der Waals surface area contributed by atoms with Crippen LogP contribution < -0.4 is 14.8 Å². The zero-order valence-electron chi connectivity index (χ0n) is 17.0. The summed E-state index contributed by atoms with van der Waals surface area (Å²) in [6, 6.07) is 9.76. The molecule has 0 atom stereocenters. The lowest BCUT2D eigenvalue weighted by Gasteiger charge is -2.14. The molecule has 31 heavy (non-hydrogen) atoms. The molecule has 2 aromatic carbocycles. The van der Waals surface area contributed by atoms with Gasteiger partial charge in [-0.25, -0.2) is 22.1 Å². The lowest BCUT2D eigenvalue weighted by atomic mass is 10.3. The minimum Gasteiger partial charge on any atom is -0.495 e. The largest absolute Gasteiger partial charge is 0.495 e. The Hall–Kier alpha value is -3.02. The highest BCUT2D eigenvalue weighted by atomic mass is 32.2. The Bertz CT molecular complexity index is 1180. The molecule has 0 aliphatic rings. The summed E-state index contributed by atoms with van der Waals surface area (Å²) in [6.07, 6.45) is 0. The Labute approximate surface area is 183 Å². The Morgan fingerprint density at radius 1 is 1.19 bits per heavy atom. The molecule has 0 aliphatic carbocycles. The number of halogens is 1. The molecule has 0 spiro atoms. The zero-order chi connectivity index (χ0) is 22.6. The third-order valence-corrected chi connectivity index (χ3v) is 6.79. The molecule has 11 heteroatoms. The second kappa shape index (κ2) is 9.41. The number of aromatic nitrogens is 1. The summed E-state index contributed by atoms with van der Waals surface area (Å²) in [4.78, 5) is 16.9. The van der Waals surface area contributed by atoms with Gasteiger partial charge in [0, 0.05) is 19.5 Å². The number of thiazole rings is 1. The number of methoxy groups -OCH3 is 1. The predicted molar refractivity (Wildman–Crippen MR) is 115 cm³/mol. The van der Waals surface area contributed by atoms with Crippen LogP contribution in [0.1, 0.15) is 15.5 Å². The van der Waals surface area contributed by atoms with Crippen LogP contribution in [0.3, 0.4) is 0 Å². The molecule has 0 fully saturated rings. The first-order valence-electron chi connectivity index (χ1n) is 8.95. The van der Waals surface area contributed by atoms with Crippen molar-refractivity contribution in [3.8, 4) is 11.5 Å². The Balaban J connectivity index is 1.73. The van der Waals surface area contributed by atoms with Crippen LogP contribution in [0.25, 0.3) is 0 Å². The molecule has 3 rings (SSSR count). The fourth-order valence-corrected chi connectivity index (χ4v) is 4.11. The van der Waals surface area contributed by atoms with Crippen molar-refractivity contribution in [1.29, 1.82) is 0 Å². The normalized spacial score (nSPS) is 11.4. The van der Waals surface area contributed by atoms with Gasteiger partial charge in [0.2, 0.25) is 10.0 Å². The summed E-state index contributed by atoms with van der Waals surface area (Å²) >= 11 is 1.23. The molecule has 1 N–H and O–H groups in total. The highest BCUT2D eigenvalue weighted by Gasteiger charge is 2.21. The van der Waals surface area contributed by atoms with Gasteiger partial charge in [-0.2, -0.15) is 0 Å². The second-order valence-electron chi connectivity index (χ2n) is 6.47. The van der Waals surface area contributed by atoms with E-state index in [2.05, 4.69) is 10.3 Å². The van der Waals surface area contributed by atoms with Crippen molar-refractivity contribution in [3.05, 3.63) is 64.4 Å². The number of anilines is 1. The second-order valence-corrected chi connectivity index (χ2v) is 9.57. The van der Waals surface area contributed by atoms with Crippen molar-refractivity contribution in [2.75, 3.05) is 26.5 Å². The molecule has 0 saturated carbocycles. The number of nitrogens with zero attached hydrogens (tertiary/aromatic N) is 2. The van der Waals surface area contributed by atoms with Gasteiger partial charge in [-0.3, -0.25) is 4.79 Å². The first kappa shape index (κ1) is 22.7. The molecule has 0 radical (unpaired) electrons. The molecule has 0 unspecified atom stereocenters. The predicted octanol–water partition coefficient (Wildman–Crippen LogP) is 3.37. The first-order valence-corrected chi connectivity index (χ1v) is 11.3. The van der Waals surface area contributed by atoms with E-state index in [0.29, 0.717) is 16.5 Å². The van der Waals surface area contributed by atoms with Gasteiger partial charge in [-0.15, -0.1) is 11.3 Å². The molecule has 164 valence electrons. The van der Waals surface area contributed by atoms with Gasteiger partial charge in [0.1, 0.15) is 34.6 Å². The summed E-state index contributed by atoms with van der Waals surface area (Å²) in [5.74, 6) is -0.104. The maximum Gasteiger partial charge on any atom is 0.275 e. The Morgan fingerprint density at radius 2 is 1.90 bits per heavy atom. The van der Waals surface area contributed by atoms with Crippen molar-refractivity contribution in [2.45, 2.75) is 11.5 Å². The van der Waals surface area contributed by atoms with Crippen LogP contribution in [-0.2, 0) is 16.6 Å². The van der Waals surface area contributed by atoms with Crippen molar-refractivity contribution in [2.24, 2.45) is 0 Å². The number of amides is 1. The number of ether oxygens (including phenoxy) is 2. The van der Waals surface area contributed by atoms with Gasteiger partial charge in [0.05, 0.1) is 17.7 Å². The summed E-state index contributed by atoms with van der Waals surface area (Å²) in [7, 11) is 0.570. The van der Waals surface area contributed by atoms with Crippen LogP contribution in [-0.4, -0.2) is 44.8 Å². The highest BCUT2D eigenvalue weighted by Crippen LogP contribution is 2.29. The molecule has 1 aromatic heterocycles. The number of benzene rings is 2. The van der Waals surface area contributed by atoms with Crippen LogP contribution in [0.2, 0.25) is 0 Å². The van der Waals surface area contributed by atoms with Gasteiger partial charge in [0.25, 0.3) is 5.91 Å². The summed E-state index contributed by atoms with van der Waals surface area (Å²) in [6.45, 7) is 0.115. The standard InChI is InChI=1S/C20H20FN3O5S2/c1-24(2)31(26,27)15-8-9-18(28-3)16(10-15)23-20(25)17-12-30-19(22-17)11-29-14-6-4-13(21)5-7-14/h4-10,12H,11H2,1-3H3,(H,23,25). The summed E-state index contributed by atoms with van der Waals surface area (Å²) < 4.78 is 49.5. The van der Waals surface area contributed by atoms with E-state index in [4.69, 9.17) is 9.47 Å². The van der Waals surface area contributed by atoms with E-state index in [0.717, 1.165) is 4.31 Å². The van der Waals surface area contributed by atoms with Gasteiger partial charge in [0.15, 0.2) is 0 Å². The van der Waals surface area contributed by atoms with Crippen molar-refractivity contribution in [3.63, 3.8) is 0 Å². The van der Waals surface area contributed by atoms with Crippen LogP contribution in [0.5, 0.6) is 11.5 Å². The van der Waals surface area contributed by atoms with E-state index in [-0.39, 0.29) is 28.7 Å². The number of nitrogens with one attached hydrogen (secondary N) is 1. The van der Waals surface area contributed by atoms with E-state index in [1.165, 1.54) is 75.0 Å². The number of hydrogen-bond donors (Lipinski definition) is 1. The van der Waals surface area contributed by atoms with Gasteiger partial charge in [-0.1, -0.05) is 0 Å². The smallest absolute Gasteiger partial charge is 0.275 e. The van der Waals surface area contributed by atoms with Crippen molar-refractivity contribution < 1.29 is 27.1 Å². The third-order valence-electron chi connectivity index (χ3n) is 4.16. The quantitative estimate of drug-likeness (QED) is 0.548. The maximum atomic E-state index is 12.9. The lowest BCUT2D eigenvalue weighted by Crippen LogP contribution is -2.22. The van der Waals surface area contributed by atoms with Crippen LogP contribution in [0.4, 0.5) is 10.1 Å². The average Bonchev–Trinajstić information content (AvgIpc) is 3.22. The lowest BCUT2D eigenvalue weighted by molar-refractivity contribution is 0.102. The number of carbonyl (C=O) groups is 1. The SMILES string of the molecule is COc1ccc(S(=O)(=O)N(C)C)cc1NC(=O)c1csc(COc2ccc(F)cc2)n1. The minimum atomic E-state index is -3.68. The average molecular weight is 466 g/mol. The molecule has 0 bridgehead atoms. The topological polar surface area (TPSA) is 97.8 Å². The minimum absolute atomic E-state index is 0.0141. The van der Waals surface area contributed by atoms with Gasteiger partial charge in [-0.05, 0) is 42.5 Å². The molecular weight excluding hydrogens is 445 g/mol. The van der Waals surface area contributed by atoms with Crippen molar-refractivity contribution in [1.82, 2.24) is 9.29 Å². The molecule has 3 aromatic rings. The molecule has 1 amide bonds. The molecule has 1 heterocycles. The monoisotopic (exact) mass is 465 g/mol.